The van der Waals surface area contributed by atoms with Gasteiger partial charge in [-0.15, -0.1) is 12.4 Å². The van der Waals surface area contributed by atoms with Crippen molar-refractivity contribution in [3.05, 3.63) is 59.2 Å². The summed E-state index contributed by atoms with van der Waals surface area (Å²) < 4.78 is 38.1. The minimum Gasteiger partial charge on any atom is -0.445 e. The first-order chi connectivity index (χ1) is 16.2. The van der Waals surface area contributed by atoms with Crippen LogP contribution in [0.25, 0.3) is 0 Å². The molecule has 3 atom stereocenters. The molecule has 0 bridgehead atoms. The average molecular weight is 511 g/mol. The Hall–Kier alpha value is -2.30. The summed E-state index contributed by atoms with van der Waals surface area (Å²) >= 11 is 0. The summed E-state index contributed by atoms with van der Waals surface area (Å²) in [5.74, 6) is -4.96. The van der Waals surface area contributed by atoms with Gasteiger partial charge in [0, 0.05) is 19.8 Å². The highest BCUT2D eigenvalue weighted by Gasteiger charge is 2.59. The molecule has 0 radical (unpaired) electrons. The molecule has 1 aromatic carbocycles. The van der Waals surface area contributed by atoms with Gasteiger partial charge >= 0.3 is 6.09 Å². The number of ether oxygens (including phenoxy) is 4. The van der Waals surface area contributed by atoms with Gasteiger partial charge in [-0.3, -0.25) is 10.1 Å². The van der Waals surface area contributed by atoms with Gasteiger partial charge in [0.05, 0.1) is 6.10 Å². The second-order valence-electron chi connectivity index (χ2n) is 8.96. The molecule has 0 aromatic heterocycles. The number of carbonyl (C=O) groups excluding carboxylic acids is 2. The summed E-state index contributed by atoms with van der Waals surface area (Å²) in [5, 5.41) is 2.49. The van der Waals surface area contributed by atoms with Crippen LogP contribution in [-0.4, -0.2) is 49.5 Å². The molecule has 3 aliphatic carbocycles. The summed E-state index contributed by atoms with van der Waals surface area (Å²) in [4.78, 5) is 25.9. The van der Waals surface area contributed by atoms with Crippen LogP contribution in [0.2, 0.25) is 0 Å². The van der Waals surface area contributed by atoms with Gasteiger partial charge in [0.25, 0.3) is 11.6 Å². The zero-order valence-corrected chi connectivity index (χ0v) is 20.7. The second-order valence-corrected chi connectivity index (χ2v) is 8.96. The van der Waals surface area contributed by atoms with Crippen molar-refractivity contribution >= 4 is 24.3 Å². The Labute approximate surface area is 210 Å². The third-order valence-electron chi connectivity index (χ3n) is 6.74. The number of alkyl halides is 1. The molecule has 10 heteroatoms. The number of carbonyl (C=O) groups is 2. The summed E-state index contributed by atoms with van der Waals surface area (Å²) in [7, 11) is 2.53. The molecule has 1 aromatic rings. The van der Waals surface area contributed by atoms with Crippen LogP contribution in [0.15, 0.2) is 53.6 Å². The number of halogens is 2. The van der Waals surface area contributed by atoms with Gasteiger partial charge in [-0.2, -0.15) is 0 Å². The van der Waals surface area contributed by atoms with E-state index in [-0.39, 0.29) is 43.5 Å². The summed E-state index contributed by atoms with van der Waals surface area (Å²) in [6.07, 6.45) is 5.25. The van der Waals surface area contributed by atoms with E-state index in [1.807, 2.05) is 30.3 Å². The normalized spacial score (nSPS) is 30.6. The first kappa shape index (κ1) is 27.3. The Bertz CT molecular complexity index is 999. The van der Waals surface area contributed by atoms with Crippen molar-refractivity contribution in [3.63, 3.8) is 0 Å². The van der Waals surface area contributed by atoms with Gasteiger partial charge < -0.3 is 24.7 Å². The molecule has 8 nitrogen and oxygen atoms in total. The van der Waals surface area contributed by atoms with Gasteiger partial charge in [0.15, 0.2) is 5.66 Å². The van der Waals surface area contributed by atoms with Crippen LogP contribution < -0.4 is 11.1 Å². The van der Waals surface area contributed by atoms with Gasteiger partial charge in [-0.25, -0.2) is 9.18 Å². The lowest BCUT2D eigenvalue weighted by Gasteiger charge is -2.45. The molecule has 4 rings (SSSR count). The minimum atomic E-state index is -2.43. The smallest absolute Gasteiger partial charge is 0.409 e. The fourth-order valence-corrected chi connectivity index (χ4v) is 4.76. The fourth-order valence-electron chi connectivity index (χ4n) is 4.76. The Kier molecular flexibility index (Phi) is 8.39. The molecule has 0 spiro atoms. The fraction of sp³-hybridized carbons (Fsp3) is 0.520. The molecular weight excluding hydrogens is 479 g/mol. The van der Waals surface area contributed by atoms with Crippen LogP contribution in [-0.2, 0) is 30.3 Å². The number of allylic oxidation sites excluding steroid dienone is 1. The predicted octanol–water partition coefficient (Wildman–Crippen LogP) is 3.83. The maximum atomic E-state index is 16.0. The summed E-state index contributed by atoms with van der Waals surface area (Å²) in [5.41, 5.74) is 5.99. The van der Waals surface area contributed by atoms with E-state index in [0.717, 1.165) is 31.2 Å². The molecule has 0 aliphatic heterocycles. The monoisotopic (exact) mass is 510 g/mol. The summed E-state index contributed by atoms with van der Waals surface area (Å²) in [6.45, 7) is 0.0328. The van der Waals surface area contributed by atoms with Crippen LogP contribution in [0.4, 0.5) is 9.18 Å². The van der Waals surface area contributed by atoms with Crippen molar-refractivity contribution in [2.45, 2.75) is 68.5 Å². The van der Waals surface area contributed by atoms with Crippen LogP contribution in [0, 0.1) is 0 Å². The highest BCUT2D eigenvalue weighted by Crippen LogP contribution is 2.46. The number of fused-ring (bicyclic) bond motifs is 1. The highest BCUT2D eigenvalue weighted by atomic mass is 35.5. The Morgan fingerprint density at radius 3 is 2.46 bits per heavy atom. The van der Waals surface area contributed by atoms with Gasteiger partial charge in [0.1, 0.15) is 6.61 Å². The number of Topliss-reactive ketones (excluding diaryl/α,β-unsaturated/α-hetero) is 1. The predicted molar refractivity (Wildman–Crippen MR) is 128 cm³/mol. The van der Waals surface area contributed by atoms with E-state index < -0.39 is 29.2 Å². The van der Waals surface area contributed by atoms with Crippen molar-refractivity contribution in [1.82, 2.24) is 5.32 Å². The quantitative estimate of drug-likeness (QED) is 0.536. The third kappa shape index (κ3) is 5.29. The molecule has 35 heavy (non-hydrogen) atoms. The molecule has 1 amide bonds. The van der Waals surface area contributed by atoms with E-state index >= 15 is 4.39 Å². The number of hydrogen-bond donors (Lipinski definition) is 2. The lowest BCUT2D eigenvalue weighted by molar-refractivity contribution is -0.330. The lowest BCUT2D eigenvalue weighted by Crippen LogP contribution is -2.65. The molecule has 3 aliphatic rings. The van der Waals surface area contributed by atoms with Crippen molar-refractivity contribution in [2.75, 3.05) is 14.2 Å². The highest BCUT2D eigenvalue weighted by molar-refractivity contribution is 6.08. The standard InChI is InChI=1S/C25H31FN2O6.ClH/c1-31-24(26)14-18-12-13-23(27,28-22(30)33-16-17-8-4-3-5-9-17)21(29)20(18)15-25(24,32-2)34-19-10-6-7-11-19;/h3-5,8-9,14-15,19H,6-7,10-13,16,27H2,1-2H3,(H,28,30);1H/t23-,24+,25+;/m1./s1. The van der Waals surface area contributed by atoms with Crippen molar-refractivity contribution in [2.24, 2.45) is 5.73 Å². The molecule has 2 fully saturated rings. The number of rotatable bonds is 7. The van der Waals surface area contributed by atoms with Crippen molar-refractivity contribution < 1.29 is 32.9 Å². The Balaban J connectivity index is 0.00000342. The number of methoxy groups -OCH3 is 2. The molecule has 0 unspecified atom stereocenters. The second kappa shape index (κ2) is 10.8. The summed E-state index contributed by atoms with van der Waals surface area (Å²) in [6, 6.07) is 9.14. The minimum absolute atomic E-state index is 0. The van der Waals surface area contributed by atoms with Crippen LogP contribution in [0.1, 0.15) is 44.1 Å². The number of amides is 1. The average Bonchev–Trinajstić information content (AvgIpc) is 3.35. The first-order valence-electron chi connectivity index (χ1n) is 11.5. The number of alkyl carbamates (subject to hydrolysis) is 1. The largest absolute Gasteiger partial charge is 0.445 e. The molecule has 0 saturated heterocycles. The molecule has 2 saturated carbocycles. The van der Waals surface area contributed by atoms with E-state index in [9.17, 15) is 9.59 Å². The molecule has 3 N–H and O–H groups in total. The van der Waals surface area contributed by atoms with E-state index in [4.69, 9.17) is 24.7 Å². The van der Waals surface area contributed by atoms with E-state index in [0.29, 0.717) is 5.57 Å². The van der Waals surface area contributed by atoms with Crippen LogP contribution in [0.5, 0.6) is 0 Å². The van der Waals surface area contributed by atoms with Gasteiger partial charge in [-0.05, 0) is 49.0 Å². The number of nitrogens with one attached hydrogen (secondary N) is 1. The number of hydrogen-bond acceptors (Lipinski definition) is 7. The van der Waals surface area contributed by atoms with E-state index in [1.54, 1.807) is 0 Å². The maximum absolute atomic E-state index is 16.0. The molecular formula is C25H32ClFN2O6. The zero-order chi connectivity index (χ0) is 24.4. The number of ketones is 1. The van der Waals surface area contributed by atoms with Gasteiger partial charge in [0.2, 0.25) is 5.78 Å². The molecule has 0 heterocycles. The van der Waals surface area contributed by atoms with E-state index in [1.165, 1.54) is 26.4 Å². The Morgan fingerprint density at radius 1 is 1.14 bits per heavy atom. The van der Waals surface area contributed by atoms with Gasteiger partial charge in [-0.1, -0.05) is 43.2 Å². The Morgan fingerprint density at radius 2 is 1.83 bits per heavy atom. The molecule has 192 valence electrons. The SMILES string of the molecule is CO[C@]1(OC2CCCC2)C=C2C(=O)[C@](N)(NC(=O)OCc3ccccc3)CCC2=C[C@]1(F)OC.Cl. The van der Waals surface area contributed by atoms with Crippen LogP contribution >= 0.6 is 12.4 Å². The lowest BCUT2D eigenvalue weighted by atomic mass is 9.75. The van der Waals surface area contributed by atoms with Crippen molar-refractivity contribution in [3.8, 4) is 0 Å². The van der Waals surface area contributed by atoms with E-state index in [2.05, 4.69) is 5.32 Å². The van der Waals surface area contributed by atoms with Crippen LogP contribution in [0.3, 0.4) is 0 Å². The maximum Gasteiger partial charge on any atom is 0.409 e. The third-order valence-corrected chi connectivity index (χ3v) is 6.74. The number of benzene rings is 1. The topological polar surface area (TPSA) is 109 Å². The number of nitrogens with two attached hydrogens (primary N) is 1. The van der Waals surface area contributed by atoms with Crippen molar-refractivity contribution in [1.29, 1.82) is 0 Å². The zero-order valence-electron chi connectivity index (χ0n) is 19.9. The first-order valence-corrected chi connectivity index (χ1v) is 11.5.